The number of ether oxygens (including phenoxy) is 1. The lowest BCUT2D eigenvalue weighted by molar-refractivity contribution is 0.302. The highest BCUT2D eigenvalue weighted by Crippen LogP contribution is 2.27. The van der Waals surface area contributed by atoms with E-state index in [1.165, 1.54) is 9.87 Å². The van der Waals surface area contributed by atoms with Crippen LogP contribution in [0, 0.1) is 0 Å². The van der Waals surface area contributed by atoms with Gasteiger partial charge in [-0.2, -0.15) is 4.31 Å². The minimum absolute atomic E-state index is 0. The second kappa shape index (κ2) is 13.4. The molecule has 0 spiro atoms. The van der Waals surface area contributed by atoms with Crippen molar-refractivity contribution in [2.75, 3.05) is 26.7 Å². The number of piperidine rings is 1. The van der Waals surface area contributed by atoms with E-state index < -0.39 is 10.0 Å². The Morgan fingerprint density at radius 2 is 1.78 bits per heavy atom. The zero-order valence-corrected chi connectivity index (χ0v) is 21.4. The second-order valence-electron chi connectivity index (χ2n) is 7.54. The number of benzene rings is 2. The minimum atomic E-state index is -3.51. The van der Waals surface area contributed by atoms with Crippen molar-refractivity contribution >= 4 is 34.8 Å². The van der Waals surface area contributed by atoms with Gasteiger partial charge in [-0.1, -0.05) is 44.2 Å². The summed E-state index contributed by atoms with van der Waals surface area (Å²) in [5.41, 5.74) is 2.11. The van der Waals surface area contributed by atoms with E-state index in [-0.39, 0.29) is 36.9 Å². The van der Waals surface area contributed by atoms with Crippen molar-refractivity contribution in [2.24, 2.45) is 0 Å². The van der Waals surface area contributed by atoms with Crippen LogP contribution in [-0.4, -0.2) is 45.5 Å². The van der Waals surface area contributed by atoms with E-state index in [1.807, 2.05) is 19.9 Å². The summed E-state index contributed by atoms with van der Waals surface area (Å²) in [6, 6.07) is 16.1. The van der Waals surface area contributed by atoms with Crippen LogP contribution in [-0.2, 0) is 16.6 Å². The molecule has 0 unspecified atom stereocenters. The fraction of sp³-hybridized carbons (Fsp3) is 0.478. The molecule has 0 radical (unpaired) electrons. The Morgan fingerprint density at radius 1 is 1.09 bits per heavy atom. The number of sulfonamides is 1. The normalized spacial score (nSPS) is 18.5. The van der Waals surface area contributed by atoms with E-state index >= 15 is 0 Å². The maximum absolute atomic E-state index is 12.9. The lowest BCUT2D eigenvalue weighted by atomic mass is 9.92. The Bertz CT molecular complexity index is 925. The fourth-order valence-electron chi connectivity index (χ4n) is 4.13. The van der Waals surface area contributed by atoms with Gasteiger partial charge < -0.3 is 15.4 Å². The lowest BCUT2D eigenvalue weighted by Crippen LogP contribution is -2.45. The molecule has 32 heavy (non-hydrogen) atoms. The number of rotatable bonds is 9. The maximum Gasteiger partial charge on any atom is 0.243 e. The van der Waals surface area contributed by atoms with Gasteiger partial charge in [0.1, 0.15) is 5.75 Å². The monoisotopic (exact) mass is 503 g/mol. The highest BCUT2D eigenvalue weighted by atomic mass is 35.5. The molecule has 6 nitrogen and oxygen atoms in total. The van der Waals surface area contributed by atoms with Crippen LogP contribution in [0.15, 0.2) is 53.4 Å². The predicted octanol–water partition coefficient (Wildman–Crippen LogP) is 4.15. The van der Waals surface area contributed by atoms with Gasteiger partial charge in [0.25, 0.3) is 0 Å². The van der Waals surface area contributed by atoms with Crippen LogP contribution in [0.5, 0.6) is 5.75 Å². The molecule has 2 atom stereocenters. The molecule has 2 N–H and O–H groups in total. The summed E-state index contributed by atoms with van der Waals surface area (Å²) in [5.74, 6) is 0.695. The van der Waals surface area contributed by atoms with Crippen molar-refractivity contribution < 1.29 is 13.2 Å². The van der Waals surface area contributed by atoms with Gasteiger partial charge in [-0.3, -0.25) is 0 Å². The van der Waals surface area contributed by atoms with E-state index in [9.17, 15) is 8.42 Å². The smallest absolute Gasteiger partial charge is 0.243 e. The Kier molecular flexibility index (Phi) is 12.0. The molecule has 2 aromatic carbocycles. The van der Waals surface area contributed by atoms with Gasteiger partial charge in [0.2, 0.25) is 10.0 Å². The Morgan fingerprint density at radius 3 is 2.41 bits per heavy atom. The van der Waals surface area contributed by atoms with Crippen molar-refractivity contribution in [3.05, 3.63) is 59.7 Å². The van der Waals surface area contributed by atoms with E-state index in [0.717, 1.165) is 24.9 Å². The largest absolute Gasteiger partial charge is 0.496 e. The number of nitrogens with one attached hydrogen (secondary N) is 2. The van der Waals surface area contributed by atoms with E-state index in [4.69, 9.17) is 4.74 Å². The van der Waals surface area contributed by atoms with Crippen LogP contribution in [0.3, 0.4) is 0 Å². The van der Waals surface area contributed by atoms with E-state index in [2.05, 4.69) is 34.9 Å². The Balaban J connectivity index is 0.00000256. The van der Waals surface area contributed by atoms with Crippen LogP contribution in [0.2, 0.25) is 0 Å². The molecule has 0 amide bonds. The standard InChI is InChI=1S/C23H33N3O3S.2ClH/c1-4-26(5-2)30(27,28)20-13-14-22(29-3)19(16-20)17-25-21-12-9-15-24-23(21)18-10-7-6-8-11-18;;/h6-8,10-11,13-14,16,21,23-25H,4-5,9,12,15,17H2,1-3H3;2*1H/t21-,23-;;/m1../s1. The molecular formula is C23H35Cl2N3O3S. The molecule has 0 aromatic heterocycles. The van der Waals surface area contributed by atoms with Gasteiger partial charge in [-0.15, -0.1) is 24.8 Å². The first-order chi connectivity index (χ1) is 14.5. The lowest BCUT2D eigenvalue weighted by Gasteiger charge is -2.34. The summed E-state index contributed by atoms with van der Waals surface area (Å²) in [5, 5.41) is 7.27. The van der Waals surface area contributed by atoms with Crippen LogP contribution in [0.25, 0.3) is 0 Å². The molecule has 9 heteroatoms. The highest BCUT2D eigenvalue weighted by molar-refractivity contribution is 7.89. The molecule has 1 aliphatic rings. The number of hydrogen-bond donors (Lipinski definition) is 2. The van der Waals surface area contributed by atoms with Gasteiger partial charge in [0, 0.05) is 37.3 Å². The maximum atomic E-state index is 12.9. The first-order valence-electron chi connectivity index (χ1n) is 10.7. The van der Waals surface area contributed by atoms with Gasteiger partial charge in [-0.05, 0) is 43.1 Å². The first-order valence-corrected chi connectivity index (χ1v) is 12.1. The summed E-state index contributed by atoms with van der Waals surface area (Å²) < 4.78 is 32.9. The van der Waals surface area contributed by atoms with Crippen molar-refractivity contribution in [1.82, 2.24) is 14.9 Å². The molecular weight excluding hydrogens is 469 g/mol. The summed E-state index contributed by atoms with van der Waals surface area (Å²) in [6.45, 7) is 6.15. The average molecular weight is 505 g/mol. The number of nitrogens with zero attached hydrogens (tertiary/aromatic N) is 1. The molecule has 0 aliphatic carbocycles. The molecule has 180 valence electrons. The quantitative estimate of drug-likeness (QED) is 0.537. The van der Waals surface area contributed by atoms with Gasteiger partial charge >= 0.3 is 0 Å². The van der Waals surface area contributed by atoms with Gasteiger partial charge in [0.15, 0.2) is 0 Å². The van der Waals surface area contributed by atoms with E-state index in [0.29, 0.717) is 30.3 Å². The summed E-state index contributed by atoms with van der Waals surface area (Å²) in [7, 11) is -1.89. The van der Waals surface area contributed by atoms with Gasteiger partial charge in [0.05, 0.1) is 12.0 Å². The molecule has 3 rings (SSSR count). The number of halogens is 2. The molecule has 1 aliphatic heterocycles. The highest BCUT2D eigenvalue weighted by Gasteiger charge is 2.27. The van der Waals surface area contributed by atoms with Crippen LogP contribution < -0.4 is 15.4 Å². The van der Waals surface area contributed by atoms with E-state index in [1.54, 1.807) is 25.3 Å². The zero-order chi connectivity index (χ0) is 21.6. The van der Waals surface area contributed by atoms with Crippen molar-refractivity contribution in [2.45, 2.75) is 50.2 Å². The SMILES string of the molecule is CCN(CC)S(=O)(=O)c1ccc(OC)c(CN[C@@H]2CCCN[C@@H]2c2ccccc2)c1.Cl.Cl. The summed E-state index contributed by atoms with van der Waals surface area (Å²) in [4.78, 5) is 0.310. The minimum Gasteiger partial charge on any atom is -0.496 e. The Labute approximate surface area is 205 Å². The number of hydrogen-bond acceptors (Lipinski definition) is 5. The van der Waals surface area contributed by atoms with Crippen molar-refractivity contribution in [1.29, 1.82) is 0 Å². The summed E-state index contributed by atoms with van der Waals surface area (Å²) in [6.07, 6.45) is 2.17. The fourth-order valence-corrected chi connectivity index (χ4v) is 5.64. The topological polar surface area (TPSA) is 70.7 Å². The van der Waals surface area contributed by atoms with Crippen LogP contribution in [0.1, 0.15) is 43.9 Å². The molecule has 0 bridgehead atoms. The molecule has 1 heterocycles. The average Bonchev–Trinajstić information content (AvgIpc) is 2.79. The molecule has 2 aromatic rings. The zero-order valence-electron chi connectivity index (χ0n) is 18.9. The third kappa shape index (κ3) is 6.59. The number of methoxy groups -OCH3 is 1. The third-order valence-corrected chi connectivity index (χ3v) is 7.81. The third-order valence-electron chi connectivity index (χ3n) is 5.77. The molecule has 1 saturated heterocycles. The van der Waals surface area contributed by atoms with Crippen molar-refractivity contribution in [3.8, 4) is 5.75 Å². The predicted molar refractivity (Wildman–Crippen MR) is 135 cm³/mol. The van der Waals surface area contributed by atoms with Crippen LogP contribution in [0.4, 0.5) is 0 Å². The van der Waals surface area contributed by atoms with Crippen molar-refractivity contribution in [3.63, 3.8) is 0 Å². The molecule has 0 saturated carbocycles. The van der Waals surface area contributed by atoms with Crippen LogP contribution >= 0.6 is 24.8 Å². The Hall–Kier alpha value is -1.35. The second-order valence-corrected chi connectivity index (χ2v) is 9.47. The summed E-state index contributed by atoms with van der Waals surface area (Å²) >= 11 is 0. The first kappa shape index (κ1) is 28.7. The molecule has 1 fully saturated rings. The van der Waals surface area contributed by atoms with Gasteiger partial charge in [-0.25, -0.2) is 8.42 Å².